The fourth-order valence-electron chi connectivity index (χ4n) is 2.64. The summed E-state index contributed by atoms with van der Waals surface area (Å²) in [4.78, 5) is 36.2. The lowest BCUT2D eigenvalue weighted by Gasteiger charge is -2.23. The highest BCUT2D eigenvalue weighted by Gasteiger charge is 2.25. The minimum absolute atomic E-state index is 0.200. The lowest BCUT2D eigenvalue weighted by molar-refractivity contribution is -0.137. The van der Waals surface area contributed by atoms with E-state index in [0.29, 0.717) is 17.9 Å². The molecule has 8 heteroatoms. The number of amides is 1. The molecular formula is C23H35NO7. The van der Waals surface area contributed by atoms with Gasteiger partial charge in [-0.25, -0.2) is 9.59 Å². The number of benzene rings is 1. The van der Waals surface area contributed by atoms with Gasteiger partial charge in [-0.1, -0.05) is 32.8 Å². The molecule has 0 aromatic heterocycles. The van der Waals surface area contributed by atoms with Crippen molar-refractivity contribution in [3.8, 4) is 5.75 Å². The molecule has 0 bridgehead atoms. The van der Waals surface area contributed by atoms with Crippen LogP contribution >= 0.6 is 0 Å². The van der Waals surface area contributed by atoms with Gasteiger partial charge in [-0.05, 0) is 51.3 Å². The zero-order chi connectivity index (χ0) is 23.4. The van der Waals surface area contributed by atoms with Crippen molar-refractivity contribution in [2.45, 2.75) is 78.4 Å². The van der Waals surface area contributed by atoms with E-state index in [1.807, 2.05) is 13.8 Å². The van der Waals surface area contributed by atoms with E-state index in [1.165, 1.54) is 6.07 Å². The van der Waals surface area contributed by atoms with Crippen LogP contribution in [0.25, 0.3) is 0 Å². The van der Waals surface area contributed by atoms with Gasteiger partial charge in [0.2, 0.25) is 0 Å². The molecule has 1 aromatic carbocycles. The highest BCUT2D eigenvalue weighted by Crippen LogP contribution is 2.27. The van der Waals surface area contributed by atoms with Gasteiger partial charge >= 0.3 is 18.0 Å². The molecule has 0 aliphatic rings. The highest BCUT2D eigenvalue weighted by atomic mass is 16.6. The summed E-state index contributed by atoms with van der Waals surface area (Å²) in [6, 6.07) is 3.86. The quantitative estimate of drug-likeness (QED) is 0.355. The van der Waals surface area contributed by atoms with E-state index in [-0.39, 0.29) is 18.6 Å². The maximum Gasteiger partial charge on any atom is 0.408 e. The zero-order valence-corrected chi connectivity index (χ0v) is 19.2. The Kier molecular flexibility index (Phi) is 10.9. The van der Waals surface area contributed by atoms with Crippen molar-refractivity contribution in [3.05, 3.63) is 29.3 Å². The highest BCUT2D eigenvalue weighted by molar-refractivity contribution is 5.93. The minimum atomic E-state index is -1.10. The number of unbranched alkanes of at least 4 members (excludes halogenated alkanes) is 2. The van der Waals surface area contributed by atoms with E-state index in [9.17, 15) is 19.5 Å². The predicted molar refractivity (Wildman–Crippen MR) is 116 cm³/mol. The average Bonchev–Trinajstić information content (AvgIpc) is 2.66. The van der Waals surface area contributed by atoms with Gasteiger partial charge in [0.1, 0.15) is 16.9 Å². The van der Waals surface area contributed by atoms with Crippen molar-refractivity contribution >= 4 is 18.0 Å². The maximum atomic E-state index is 12.6. The first-order valence-electron chi connectivity index (χ1n) is 10.7. The summed E-state index contributed by atoms with van der Waals surface area (Å²) in [7, 11) is 0. The van der Waals surface area contributed by atoms with Gasteiger partial charge < -0.3 is 24.6 Å². The third-order valence-electron chi connectivity index (χ3n) is 4.18. The number of hydrogen-bond donors (Lipinski definition) is 2. The minimum Gasteiger partial charge on any atom is -0.493 e. The second-order valence-corrected chi connectivity index (χ2v) is 8.24. The summed E-state index contributed by atoms with van der Waals surface area (Å²) in [5.41, 5.74) is -0.0899. The molecule has 0 saturated heterocycles. The molecule has 0 heterocycles. The number of carbonyl (C=O) groups excluding carboxylic acids is 2. The summed E-state index contributed by atoms with van der Waals surface area (Å²) in [6.45, 7) is 9.89. The molecule has 1 atom stereocenters. The second kappa shape index (κ2) is 12.8. The summed E-state index contributed by atoms with van der Waals surface area (Å²) >= 11 is 0. The maximum absolute atomic E-state index is 12.6. The topological polar surface area (TPSA) is 111 Å². The van der Waals surface area contributed by atoms with Gasteiger partial charge in [-0.15, -0.1) is 0 Å². The summed E-state index contributed by atoms with van der Waals surface area (Å²) < 4.78 is 16.3. The molecule has 1 aromatic rings. The van der Waals surface area contributed by atoms with E-state index >= 15 is 0 Å². The molecule has 0 saturated carbocycles. The molecule has 2 N–H and O–H groups in total. The molecule has 1 amide bonds. The molecule has 174 valence electrons. The van der Waals surface area contributed by atoms with Crippen molar-refractivity contribution in [1.29, 1.82) is 0 Å². The van der Waals surface area contributed by atoms with Crippen LogP contribution in [0.1, 0.15) is 88.7 Å². The van der Waals surface area contributed by atoms with Gasteiger partial charge in [-0.3, -0.25) is 4.79 Å². The van der Waals surface area contributed by atoms with Crippen LogP contribution in [0.15, 0.2) is 18.2 Å². The summed E-state index contributed by atoms with van der Waals surface area (Å²) in [6.07, 6.45) is 2.27. The smallest absolute Gasteiger partial charge is 0.408 e. The fourth-order valence-corrected chi connectivity index (χ4v) is 2.64. The molecule has 0 fully saturated rings. The lowest BCUT2D eigenvalue weighted by atomic mass is 10.0. The van der Waals surface area contributed by atoms with Crippen LogP contribution in [-0.4, -0.2) is 42.0 Å². The molecular weight excluding hydrogens is 402 g/mol. The van der Waals surface area contributed by atoms with Gasteiger partial charge in [0, 0.05) is 0 Å². The van der Waals surface area contributed by atoms with Crippen LogP contribution in [-0.2, 0) is 14.3 Å². The van der Waals surface area contributed by atoms with E-state index in [2.05, 4.69) is 5.32 Å². The van der Waals surface area contributed by atoms with E-state index in [4.69, 9.17) is 14.2 Å². The molecule has 8 nitrogen and oxygen atoms in total. The third kappa shape index (κ3) is 10.2. The van der Waals surface area contributed by atoms with E-state index < -0.39 is 29.7 Å². The molecule has 0 aliphatic heterocycles. The Balaban J connectivity index is 3.18. The number of nitrogens with one attached hydrogen (secondary N) is 1. The summed E-state index contributed by atoms with van der Waals surface area (Å²) in [5.74, 6) is -1.28. The molecule has 0 radical (unpaired) electrons. The number of carbonyl (C=O) groups is 3. The van der Waals surface area contributed by atoms with Crippen LogP contribution in [0.2, 0.25) is 0 Å². The number of carboxylic acids is 1. The third-order valence-corrected chi connectivity index (χ3v) is 4.18. The van der Waals surface area contributed by atoms with Gasteiger partial charge in [0.15, 0.2) is 0 Å². The van der Waals surface area contributed by atoms with Gasteiger partial charge in [0.05, 0.1) is 25.7 Å². The van der Waals surface area contributed by atoms with Crippen LogP contribution in [0, 0.1) is 0 Å². The second-order valence-electron chi connectivity index (χ2n) is 8.24. The first kappa shape index (κ1) is 26.3. The Morgan fingerprint density at radius 3 is 2.29 bits per heavy atom. The Labute approximate surface area is 184 Å². The molecule has 1 unspecified atom stereocenters. The van der Waals surface area contributed by atoms with Crippen molar-refractivity contribution in [3.63, 3.8) is 0 Å². The Hall–Kier alpha value is -2.77. The zero-order valence-electron chi connectivity index (χ0n) is 19.2. The Morgan fingerprint density at radius 2 is 1.71 bits per heavy atom. The molecule has 0 spiro atoms. The number of hydrogen-bond acceptors (Lipinski definition) is 6. The first-order valence-corrected chi connectivity index (χ1v) is 10.7. The van der Waals surface area contributed by atoms with Gasteiger partial charge in [-0.2, -0.15) is 0 Å². The summed E-state index contributed by atoms with van der Waals surface area (Å²) in [5, 5.41) is 11.9. The average molecular weight is 438 g/mol. The molecule has 31 heavy (non-hydrogen) atoms. The van der Waals surface area contributed by atoms with E-state index in [1.54, 1.807) is 32.9 Å². The van der Waals surface area contributed by atoms with Crippen LogP contribution in [0.5, 0.6) is 5.75 Å². The molecule has 1 rings (SSSR count). The fraction of sp³-hybridized carbons (Fsp3) is 0.609. The van der Waals surface area contributed by atoms with Crippen molar-refractivity contribution in [1.82, 2.24) is 5.32 Å². The normalized spacial score (nSPS) is 12.0. The van der Waals surface area contributed by atoms with Gasteiger partial charge in [0.25, 0.3) is 0 Å². The lowest BCUT2D eigenvalue weighted by Crippen LogP contribution is -2.35. The number of ether oxygens (including phenoxy) is 3. The van der Waals surface area contributed by atoms with Crippen LogP contribution < -0.4 is 10.1 Å². The first-order chi connectivity index (χ1) is 14.6. The predicted octanol–water partition coefficient (Wildman–Crippen LogP) is 4.86. The Bertz CT molecular complexity index is 740. The monoisotopic (exact) mass is 437 g/mol. The number of rotatable bonds is 12. The Morgan fingerprint density at radius 1 is 1.06 bits per heavy atom. The number of esters is 1. The SMILES string of the molecule is CCCCOC(=O)c1cc(C(CC(=O)O)NC(=O)OC(C)(C)C)ccc1OCCCC. The number of carboxylic acid groups (broad SMARTS) is 1. The van der Waals surface area contributed by atoms with Crippen molar-refractivity contribution in [2.24, 2.45) is 0 Å². The van der Waals surface area contributed by atoms with E-state index in [0.717, 1.165) is 25.7 Å². The standard InChI is InChI=1S/C23H35NO7/c1-6-8-12-29-19-11-10-16(14-17(19)21(27)30-13-9-7-2)18(15-20(25)26)24-22(28)31-23(3,4)5/h10-11,14,18H,6-9,12-13,15H2,1-5H3,(H,24,28)(H,25,26). The number of aliphatic carboxylic acids is 1. The van der Waals surface area contributed by atoms with Crippen molar-refractivity contribution < 1.29 is 33.7 Å². The largest absolute Gasteiger partial charge is 0.493 e. The number of alkyl carbamates (subject to hydrolysis) is 1. The van der Waals surface area contributed by atoms with Crippen molar-refractivity contribution in [2.75, 3.05) is 13.2 Å². The van der Waals surface area contributed by atoms with Crippen LogP contribution in [0.4, 0.5) is 4.79 Å². The van der Waals surface area contributed by atoms with Crippen LogP contribution in [0.3, 0.4) is 0 Å². The molecule has 0 aliphatic carbocycles.